The van der Waals surface area contributed by atoms with Crippen molar-refractivity contribution in [1.29, 1.82) is 0 Å². The van der Waals surface area contributed by atoms with Gasteiger partial charge in [-0.3, -0.25) is 14.5 Å². The van der Waals surface area contributed by atoms with Crippen molar-refractivity contribution in [2.45, 2.75) is 25.4 Å². The third kappa shape index (κ3) is 4.13. The Hall–Kier alpha value is -2.98. The summed E-state index contributed by atoms with van der Waals surface area (Å²) in [6.07, 6.45) is 3.00. The van der Waals surface area contributed by atoms with Gasteiger partial charge >= 0.3 is 0 Å². The van der Waals surface area contributed by atoms with E-state index in [4.69, 9.17) is 8.94 Å². The Bertz CT molecular complexity index is 1020. The van der Waals surface area contributed by atoms with Gasteiger partial charge in [0.2, 0.25) is 17.6 Å². The lowest BCUT2D eigenvalue weighted by Gasteiger charge is -2.36. The summed E-state index contributed by atoms with van der Waals surface area (Å²) in [5.74, 6) is 1.29. The molecule has 2 saturated heterocycles. The lowest BCUT2D eigenvalue weighted by Crippen LogP contribution is -2.54. The highest BCUT2D eigenvalue weighted by Gasteiger charge is 2.38. The number of rotatable bonds is 5. The van der Waals surface area contributed by atoms with E-state index < -0.39 is 6.04 Å². The zero-order valence-corrected chi connectivity index (χ0v) is 17.8. The summed E-state index contributed by atoms with van der Waals surface area (Å²) in [6.45, 7) is 3.82. The van der Waals surface area contributed by atoms with E-state index in [0.29, 0.717) is 44.3 Å². The van der Waals surface area contributed by atoms with Crippen molar-refractivity contribution >= 4 is 23.2 Å². The molecule has 0 saturated carbocycles. The van der Waals surface area contributed by atoms with E-state index in [1.165, 1.54) is 6.26 Å². The maximum absolute atomic E-state index is 13.1. The van der Waals surface area contributed by atoms with E-state index in [1.54, 1.807) is 28.4 Å². The summed E-state index contributed by atoms with van der Waals surface area (Å²) >= 11 is 1.58. The van der Waals surface area contributed by atoms with Gasteiger partial charge in [-0.25, -0.2) is 0 Å². The molecule has 1 unspecified atom stereocenters. The van der Waals surface area contributed by atoms with Crippen molar-refractivity contribution in [3.63, 3.8) is 0 Å². The fourth-order valence-electron chi connectivity index (χ4n) is 4.16. The van der Waals surface area contributed by atoms with Gasteiger partial charge in [-0.05, 0) is 36.4 Å². The highest BCUT2D eigenvalue weighted by Crippen LogP contribution is 2.24. The van der Waals surface area contributed by atoms with Crippen molar-refractivity contribution in [3.05, 3.63) is 47.6 Å². The van der Waals surface area contributed by atoms with Crippen molar-refractivity contribution in [3.8, 4) is 10.7 Å². The molecule has 1 atom stereocenters. The van der Waals surface area contributed by atoms with Crippen LogP contribution in [0.3, 0.4) is 0 Å². The number of hydrogen-bond acceptors (Lipinski definition) is 8. The average molecular weight is 442 g/mol. The number of aromatic nitrogens is 2. The summed E-state index contributed by atoms with van der Waals surface area (Å²) in [5, 5.41) is 6.03. The molecule has 2 fully saturated rings. The number of carbonyl (C=O) groups is 2. The van der Waals surface area contributed by atoms with Gasteiger partial charge in [-0.15, -0.1) is 11.3 Å². The first-order chi connectivity index (χ1) is 15.2. The quantitative estimate of drug-likeness (QED) is 0.600. The van der Waals surface area contributed by atoms with Crippen molar-refractivity contribution < 1.29 is 18.5 Å². The molecule has 3 aromatic heterocycles. The van der Waals surface area contributed by atoms with Gasteiger partial charge in [-0.2, -0.15) is 4.98 Å². The van der Waals surface area contributed by atoms with E-state index in [9.17, 15) is 9.59 Å². The Morgan fingerprint density at radius 3 is 2.74 bits per heavy atom. The first kappa shape index (κ1) is 20.0. The second-order valence-electron chi connectivity index (χ2n) is 7.72. The fraction of sp³-hybridized carbons (Fsp3) is 0.429. The van der Waals surface area contributed by atoms with Gasteiger partial charge in [-0.1, -0.05) is 11.2 Å². The maximum atomic E-state index is 13.1. The molecule has 2 amide bonds. The van der Waals surface area contributed by atoms with Crippen LogP contribution in [-0.2, 0) is 11.3 Å². The fourth-order valence-corrected chi connectivity index (χ4v) is 4.81. The van der Waals surface area contributed by atoms with E-state index in [-0.39, 0.29) is 17.6 Å². The normalized spacial score (nSPS) is 19.8. The molecule has 0 radical (unpaired) electrons. The Morgan fingerprint density at radius 1 is 1.13 bits per heavy atom. The summed E-state index contributed by atoms with van der Waals surface area (Å²) in [6, 6.07) is 6.84. The van der Waals surface area contributed by atoms with Gasteiger partial charge in [0.1, 0.15) is 6.04 Å². The molecule has 31 heavy (non-hydrogen) atoms. The van der Waals surface area contributed by atoms with Crippen molar-refractivity contribution in [2.75, 3.05) is 32.7 Å². The molecule has 2 aliphatic heterocycles. The van der Waals surface area contributed by atoms with Crippen LogP contribution in [0, 0.1) is 0 Å². The number of hydrogen-bond donors (Lipinski definition) is 0. The Labute approximate surface area is 183 Å². The summed E-state index contributed by atoms with van der Waals surface area (Å²) in [5.41, 5.74) is 0. The minimum atomic E-state index is -0.409. The van der Waals surface area contributed by atoms with Gasteiger partial charge < -0.3 is 18.7 Å². The number of likely N-dealkylation sites (tertiary alicyclic amines) is 1. The van der Waals surface area contributed by atoms with Crippen LogP contribution >= 0.6 is 11.3 Å². The van der Waals surface area contributed by atoms with Crippen LogP contribution < -0.4 is 0 Å². The molecular weight excluding hydrogens is 418 g/mol. The van der Waals surface area contributed by atoms with Gasteiger partial charge in [0.25, 0.3) is 5.91 Å². The lowest BCUT2D eigenvalue weighted by molar-refractivity contribution is -0.137. The van der Waals surface area contributed by atoms with E-state index in [1.807, 2.05) is 22.4 Å². The zero-order valence-electron chi connectivity index (χ0n) is 17.0. The predicted molar refractivity (Wildman–Crippen MR) is 112 cm³/mol. The summed E-state index contributed by atoms with van der Waals surface area (Å²) in [4.78, 5) is 37.0. The number of carbonyl (C=O) groups excluding carboxylic acids is 2. The summed E-state index contributed by atoms with van der Waals surface area (Å²) < 4.78 is 10.6. The van der Waals surface area contributed by atoms with Crippen LogP contribution in [0.4, 0.5) is 0 Å². The molecule has 0 N–H and O–H groups in total. The number of nitrogens with zero attached hydrogens (tertiary/aromatic N) is 5. The van der Waals surface area contributed by atoms with Crippen LogP contribution in [0.5, 0.6) is 0 Å². The molecular formula is C21H23N5O4S. The molecule has 0 aliphatic carbocycles. The molecule has 0 aromatic carbocycles. The zero-order chi connectivity index (χ0) is 21.2. The number of piperazine rings is 1. The molecule has 9 nitrogen and oxygen atoms in total. The van der Waals surface area contributed by atoms with E-state index in [0.717, 1.165) is 24.4 Å². The van der Waals surface area contributed by atoms with Gasteiger partial charge in [0, 0.05) is 32.7 Å². The maximum Gasteiger partial charge on any atom is 0.290 e. The third-order valence-electron chi connectivity index (χ3n) is 5.78. The van der Waals surface area contributed by atoms with Crippen molar-refractivity contribution in [1.82, 2.24) is 24.8 Å². The Morgan fingerprint density at radius 2 is 2.00 bits per heavy atom. The summed E-state index contributed by atoms with van der Waals surface area (Å²) in [7, 11) is 0. The van der Waals surface area contributed by atoms with Crippen LogP contribution in [0.25, 0.3) is 10.7 Å². The number of thiophene rings is 1. The minimum absolute atomic E-state index is 0.0230. The van der Waals surface area contributed by atoms with Crippen LogP contribution in [0.2, 0.25) is 0 Å². The molecule has 10 heteroatoms. The van der Waals surface area contributed by atoms with Crippen LogP contribution in [0.15, 0.2) is 44.8 Å². The smallest absolute Gasteiger partial charge is 0.290 e. The average Bonchev–Trinajstić information content (AvgIpc) is 3.59. The van der Waals surface area contributed by atoms with Gasteiger partial charge in [0.05, 0.1) is 17.7 Å². The number of amides is 2. The molecule has 3 aromatic rings. The third-order valence-corrected chi connectivity index (χ3v) is 6.65. The van der Waals surface area contributed by atoms with E-state index in [2.05, 4.69) is 15.0 Å². The first-order valence-electron chi connectivity index (χ1n) is 10.4. The van der Waals surface area contributed by atoms with Crippen LogP contribution in [-0.4, -0.2) is 75.4 Å². The molecule has 0 bridgehead atoms. The topological polar surface area (TPSA) is 95.9 Å². The Balaban J connectivity index is 1.16. The van der Waals surface area contributed by atoms with Crippen LogP contribution in [0.1, 0.15) is 29.3 Å². The Kier molecular flexibility index (Phi) is 5.56. The highest BCUT2D eigenvalue weighted by atomic mass is 32.1. The first-order valence-corrected chi connectivity index (χ1v) is 11.3. The number of furan rings is 1. The minimum Gasteiger partial charge on any atom is -0.459 e. The SMILES string of the molecule is O=C(C1CCCN1C(=O)c1ccco1)N1CCN(Cc2nc(-c3cccs3)no2)CC1. The van der Waals surface area contributed by atoms with Crippen molar-refractivity contribution in [2.24, 2.45) is 0 Å². The lowest BCUT2D eigenvalue weighted by atomic mass is 10.1. The monoisotopic (exact) mass is 441 g/mol. The second-order valence-corrected chi connectivity index (χ2v) is 8.67. The van der Waals surface area contributed by atoms with Gasteiger partial charge in [0.15, 0.2) is 5.76 Å². The molecule has 0 spiro atoms. The largest absolute Gasteiger partial charge is 0.459 e. The molecule has 162 valence electrons. The highest BCUT2D eigenvalue weighted by molar-refractivity contribution is 7.13. The standard InChI is InChI=1S/C21H23N5O4S/c27-20(15-4-1-7-26(15)21(28)16-5-2-12-29-16)25-10-8-24(9-11-25)14-18-22-19(23-30-18)17-6-3-13-31-17/h2-3,5-6,12-13,15H,1,4,7-11,14H2. The second kappa shape index (κ2) is 8.64. The molecule has 5 heterocycles. The molecule has 2 aliphatic rings. The van der Waals surface area contributed by atoms with E-state index >= 15 is 0 Å². The molecule has 5 rings (SSSR count). The predicted octanol–water partition coefficient (Wildman–Crippen LogP) is 2.34.